The fraction of sp³-hybridized carbons (Fsp3) is 0.227. The molecular formula is C22H18F4N5OS+. The van der Waals surface area contributed by atoms with Gasteiger partial charge in [-0.05, 0) is 35.2 Å². The number of alkyl halides is 3. The molecule has 0 N–H and O–H groups in total. The highest BCUT2D eigenvalue weighted by atomic mass is 32.2. The van der Waals surface area contributed by atoms with E-state index in [-0.39, 0.29) is 12.0 Å². The third-order valence-corrected chi connectivity index (χ3v) is 7.47. The molecule has 3 aromatic rings. The van der Waals surface area contributed by atoms with E-state index in [0.29, 0.717) is 27.9 Å². The van der Waals surface area contributed by atoms with Gasteiger partial charge in [0.1, 0.15) is 5.82 Å². The summed E-state index contributed by atoms with van der Waals surface area (Å²) in [6, 6.07) is 13.1. The van der Waals surface area contributed by atoms with Gasteiger partial charge in [-0.25, -0.2) is 4.39 Å². The van der Waals surface area contributed by atoms with Crippen LogP contribution in [0.1, 0.15) is 23.2 Å². The molecule has 1 aliphatic rings. The predicted octanol–water partition coefficient (Wildman–Crippen LogP) is 5.93. The topological polar surface area (TPSA) is 81.1 Å². The smallest absolute Gasteiger partial charge is 0.284 e. The number of pyridine rings is 1. The summed E-state index contributed by atoms with van der Waals surface area (Å²) in [4.78, 5) is 24.7. The van der Waals surface area contributed by atoms with E-state index in [1.54, 1.807) is 6.07 Å². The zero-order valence-electron chi connectivity index (χ0n) is 17.1. The second-order valence-corrected chi connectivity index (χ2v) is 9.55. The SMILES string of the molecule is O=C(N=[N+]=Nc1cnc2ccccc2c1)c1ccc([SH]2CCN=C2CCC(F)(F)F)cc1F. The van der Waals surface area contributed by atoms with Crippen LogP contribution in [0.5, 0.6) is 0 Å². The summed E-state index contributed by atoms with van der Waals surface area (Å²) in [6.45, 7) is 0.417. The Kier molecular flexibility index (Phi) is 6.62. The lowest BCUT2D eigenvalue weighted by Gasteiger charge is -2.19. The first-order valence-corrected chi connectivity index (χ1v) is 11.5. The molecule has 0 aliphatic carbocycles. The Bertz CT molecular complexity index is 1300. The van der Waals surface area contributed by atoms with Crippen molar-refractivity contribution < 1.29 is 22.4 Å². The molecule has 4 rings (SSSR count). The highest BCUT2D eigenvalue weighted by Gasteiger charge is 2.30. The molecule has 11 heteroatoms. The van der Waals surface area contributed by atoms with Crippen LogP contribution in [0.15, 0.2) is 74.8 Å². The molecule has 0 saturated carbocycles. The van der Waals surface area contributed by atoms with Crippen molar-refractivity contribution >= 4 is 38.4 Å². The number of fused-ring (bicyclic) bond motifs is 1. The van der Waals surface area contributed by atoms with Crippen LogP contribution in [0.25, 0.3) is 10.9 Å². The lowest BCUT2D eigenvalue weighted by molar-refractivity contribution is -0.132. The van der Waals surface area contributed by atoms with Gasteiger partial charge in [0.15, 0.2) is 10.8 Å². The predicted molar refractivity (Wildman–Crippen MR) is 119 cm³/mol. The highest BCUT2D eigenvalue weighted by Crippen LogP contribution is 2.43. The number of hydrogen-bond acceptors (Lipinski definition) is 4. The van der Waals surface area contributed by atoms with E-state index in [1.165, 1.54) is 24.4 Å². The van der Waals surface area contributed by atoms with E-state index < -0.39 is 35.2 Å². The van der Waals surface area contributed by atoms with Crippen molar-refractivity contribution in [3.63, 3.8) is 0 Å². The van der Waals surface area contributed by atoms with Gasteiger partial charge in [0.25, 0.3) is 0 Å². The van der Waals surface area contributed by atoms with Crippen molar-refractivity contribution in [1.29, 1.82) is 0 Å². The summed E-state index contributed by atoms with van der Waals surface area (Å²) in [6.07, 6.45) is -3.95. The summed E-state index contributed by atoms with van der Waals surface area (Å²) >= 11 is 0. The van der Waals surface area contributed by atoms with Gasteiger partial charge < -0.3 is 0 Å². The minimum Gasteiger partial charge on any atom is -0.284 e. The molecule has 1 atom stereocenters. The third kappa shape index (κ3) is 5.68. The Balaban J connectivity index is 1.47. The molecule has 1 amide bonds. The largest absolute Gasteiger partial charge is 0.389 e. The van der Waals surface area contributed by atoms with Crippen LogP contribution in [0.3, 0.4) is 0 Å². The Morgan fingerprint density at radius 1 is 1.15 bits per heavy atom. The first-order chi connectivity index (χ1) is 15.8. The number of halogens is 4. The maximum atomic E-state index is 14.6. The number of para-hydroxylation sites is 1. The number of carbonyl (C=O) groups excluding carboxylic acids is 1. The van der Waals surface area contributed by atoms with E-state index in [0.717, 1.165) is 10.9 Å². The van der Waals surface area contributed by atoms with Gasteiger partial charge in [-0.2, -0.15) is 24.1 Å². The molecule has 6 nitrogen and oxygen atoms in total. The van der Waals surface area contributed by atoms with Gasteiger partial charge in [-0.15, -0.1) is 0 Å². The Labute approximate surface area is 188 Å². The molecule has 0 radical (unpaired) electrons. The number of aromatic nitrogens is 1. The van der Waals surface area contributed by atoms with Crippen molar-refractivity contribution in [2.75, 3.05) is 12.3 Å². The normalized spacial score (nSPS) is 16.8. The van der Waals surface area contributed by atoms with E-state index in [9.17, 15) is 22.4 Å². The summed E-state index contributed by atoms with van der Waals surface area (Å²) < 4.78 is 52.3. The van der Waals surface area contributed by atoms with E-state index >= 15 is 0 Å². The molecule has 0 fully saturated rings. The maximum absolute atomic E-state index is 14.6. The maximum Gasteiger partial charge on any atom is 0.389 e. The van der Waals surface area contributed by atoms with Gasteiger partial charge in [-0.3, -0.25) is 14.8 Å². The molecule has 0 bridgehead atoms. The van der Waals surface area contributed by atoms with Crippen LogP contribution >= 0.6 is 10.9 Å². The van der Waals surface area contributed by atoms with Crippen LogP contribution in [0.4, 0.5) is 23.2 Å². The molecule has 2 heterocycles. The summed E-state index contributed by atoms with van der Waals surface area (Å²) in [5.41, 5.74) is 0.871. The average Bonchev–Trinajstić information content (AvgIpc) is 3.26. The number of thiol groups is 1. The second-order valence-electron chi connectivity index (χ2n) is 7.21. The molecule has 0 saturated heterocycles. The van der Waals surface area contributed by atoms with Crippen LogP contribution in [0.2, 0.25) is 0 Å². The number of carbonyl (C=O) groups is 1. The molecule has 170 valence electrons. The molecular weight excluding hydrogens is 458 g/mol. The fourth-order valence-electron chi connectivity index (χ4n) is 3.37. The second kappa shape index (κ2) is 9.60. The van der Waals surface area contributed by atoms with Crippen LogP contribution in [-0.2, 0) is 0 Å². The number of amides is 1. The van der Waals surface area contributed by atoms with E-state index in [4.69, 9.17) is 0 Å². The van der Waals surface area contributed by atoms with Crippen LogP contribution in [0, 0.1) is 5.82 Å². The Morgan fingerprint density at radius 2 is 1.97 bits per heavy atom. The van der Waals surface area contributed by atoms with Crippen molar-refractivity contribution in [3.05, 3.63) is 66.1 Å². The van der Waals surface area contributed by atoms with Gasteiger partial charge in [-0.1, -0.05) is 18.2 Å². The average molecular weight is 476 g/mol. The lowest BCUT2D eigenvalue weighted by Crippen LogP contribution is -2.10. The number of benzene rings is 2. The zero-order chi connectivity index (χ0) is 23.4. The Hall–Kier alpha value is -3.43. The van der Waals surface area contributed by atoms with Gasteiger partial charge >= 0.3 is 12.1 Å². The number of hydrogen-bond donors (Lipinski definition) is 1. The fourth-order valence-corrected chi connectivity index (χ4v) is 5.66. The van der Waals surface area contributed by atoms with Crippen molar-refractivity contribution in [3.8, 4) is 0 Å². The van der Waals surface area contributed by atoms with Crippen molar-refractivity contribution in [1.82, 2.24) is 9.90 Å². The van der Waals surface area contributed by atoms with Gasteiger partial charge in [0, 0.05) is 30.5 Å². The molecule has 33 heavy (non-hydrogen) atoms. The van der Waals surface area contributed by atoms with Crippen molar-refractivity contribution in [2.24, 2.45) is 15.2 Å². The third-order valence-electron chi connectivity index (χ3n) is 4.93. The number of rotatable bonds is 5. The van der Waals surface area contributed by atoms with Gasteiger partial charge in [0.05, 0.1) is 22.3 Å². The minimum absolute atomic E-state index is 0.198. The lowest BCUT2D eigenvalue weighted by atomic mass is 10.2. The zero-order valence-corrected chi connectivity index (χ0v) is 18.0. The van der Waals surface area contributed by atoms with E-state index in [2.05, 4.69) is 25.1 Å². The first kappa shape index (κ1) is 22.8. The Morgan fingerprint density at radius 3 is 2.76 bits per heavy atom. The van der Waals surface area contributed by atoms with Crippen molar-refractivity contribution in [2.45, 2.75) is 23.9 Å². The minimum atomic E-state index is -4.27. The monoisotopic (exact) mass is 476 g/mol. The highest BCUT2D eigenvalue weighted by molar-refractivity contribution is 8.30. The quantitative estimate of drug-likeness (QED) is 0.214. The molecule has 1 aromatic heterocycles. The number of aliphatic imine (C=N–C) groups is 1. The van der Waals surface area contributed by atoms with Gasteiger partial charge in [0.2, 0.25) is 10.0 Å². The first-order valence-electron chi connectivity index (χ1n) is 9.98. The molecule has 1 unspecified atom stereocenters. The van der Waals surface area contributed by atoms with Crippen LogP contribution < -0.4 is 4.91 Å². The summed E-state index contributed by atoms with van der Waals surface area (Å²) in [7, 11) is -1.14. The standard InChI is InChI=1S/C22H18F4N5OS/c23-18-12-16(33-10-9-27-20(33)7-8-22(24,25)26)5-6-17(18)21(32)30-31-29-15-11-14-3-1-2-4-19(14)28-13-15/h1-6,11-13,33H,7-10H2/q+1. The summed E-state index contributed by atoms with van der Waals surface area (Å²) in [5.74, 6) is -1.16. The number of nitrogens with zero attached hydrogens (tertiary/aromatic N) is 5. The molecule has 2 aromatic carbocycles. The molecule has 0 spiro atoms. The van der Waals surface area contributed by atoms with E-state index in [1.807, 2.05) is 24.3 Å². The molecule has 1 aliphatic heterocycles. The van der Waals surface area contributed by atoms with Crippen LogP contribution in [-0.4, -0.2) is 34.4 Å². The summed E-state index contributed by atoms with van der Waals surface area (Å²) in [5, 5.41) is 8.57.